The summed E-state index contributed by atoms with van der Waals surface area (Å²) in [5.41, 5.74) is 3.44. The summed E-state index contributed by atoms with van der Waals surface area (Å²) in [6.45, 7) is 4.39. The molecule has 0 N–H and O–H groups in total. The van der Waals surface area contributed by atoms with Crippen molar-refractivity contribution in [2.24, 2.45) is 0 Å². The van der Waals surface area contributed by atoms with Gasteiger partial charge in [-0.2, -0.15) is 0 Å². The van der Waals surface area contributed by atoms with E-state index in [0.29, 0.717) is 11.8 Å². The van der Waals surface area contributed by atoms with Crippen LogP contribution < -0.4 is 4.74 Å². The number of imidazole rings is 1. The van der Waals surface area contributed by atoms with Crippen molar-refractivity contribution in [3.05, 3.63) is 29.7 Å². The fourth-order valence-corrected chi connectivity index (χ4v) is 2.15. The van der Waals surface area contributed by atoms with Gasteiger partial charge in [0.15, 0.2) is 11.4 Å². The summed E-state index contributed by atoms with van der Waals surface area (Å²) in [4.78, 5) is 4.68. The Balaban J connectivity index is 2.17. The molecule has 2 aromatic heterocycles. The number of hydrogen-bond acceptors (Lipinski definition) is 2. The van der Waals surface area contributed by atoms with E-state index in [9.17, 15) is 0 Å². The number of nitrogens with zero attached hydrogens (tertiary/aromatic N) is 2. The Bertz CT molecular complexity index is 553. The normalized spacial score (nSPS) is 15.8. The van der Waals surface area contributed by atoms with Gasteiger partial charge in [-0.15, -0.1) is 0 Å². The molecule has 90 valence electrons. The third-order valence-electron chi connectivity index (χ3n) is 3.44. The Morgan fingerprint density at radius 2 is 2.12 bits per heavy atom. The highest BCUT2D eigenvalue weighted by atomic mass is 16.5. The molecule has 0 radical (unpaired) electrons. The van der Waals surface area contributed by atoms with Crippen molar-refractivity contribution < 1.29 is 4.74 Å². The predicted octanol–water partition coefficient (Wildman–Crippen LogP) is 3.34. The van der Waals surface area contributed by atoms with Crippen molar-refractivity contribution in [1.29, 1.82) is 0 Å². The summed E-state index contributed by atoms with van der Waals surface area (Å²) >= 11 is 0. The van der Waals surface area contributed by atoms with Crippen molar-refractivity contribution in [1.82, 2.24) is 9.38 Å². The van der Waals surface area contributed by atoms with Gasteiger partial charge in [-0.05, 0) is 30.4 Å². The molecule has 3 heteroatoms. The van der Waals surface area contributed by atoms with Gasteiger partial charge in [-0.3, -0.25) is 0 Å². The van der Waals surface area contributed by atoms with Gasteiger partial charge in [0.05, 0.1) is 12.8 Å². The second-order valence-electron chi connectivity index (χ2n) is 5.17. The van der Waals surface area contributed by atoms with Crippen LogP contribution >= 0.6 is 0 Å². The first-order valence-electron chi connectivity index (χ1n) is 6.25. The molecule has 1 saturated carbocycles. The highest BCUT2D eigenvalue weighted by molar-refractivity contribution is 5.56. The zero-order valence-electron chi connectivity index (χ0n) is 10.6. The molecule has 3 rings (SSSR count). The predicted molar refractivity (Wildman–Crippen MR) is 67.8 cm³/mol. The summed E-state index contributed by atoms with van der Waals surface area (Å²) in [5.74, 6) is 2.06. The minimum absolute atomic E-state index is 0.500. The van der Waals surface area contributed by atoms with Crippen molar-refractivity contribution >= 4 is 5.65 Å². The van der Waals surface area contributed by atoms with Gasteiger partial charge >= 0.3 is 0 Å². The van der Waals surface area contributed by atoms with Gasteiger partial charge in [0, 0.05) is 18.3 Å². The quantitative estimate of drug-likeness (QED) is 0.808. The molecule has 0 bridgehead atoms. The van der Waals surface area contributed by atoms with E-state index in [-0.39, 0.29) is 0 Å². The van der Waals surface area contributed by atoms with E-state index in [4.69, 9.17) is 4.74 Å². The van der Waals surface area contributed by atoms with E-state index in [0.717, 1.165) is 11.4 Å². The number of rotatable bonds is 3. The lowest BCUT2D eigenvalue weighted by Crippen LogP contribution is -1.96. The van der Waals surface area contributed by atoms with Crippen molar-refractivity contribution in [2.45, 2.75) is 38.5 Å². The van der Waals surface area contributed by atoms with Gasteiger partial charge in [0.1, 0.15) is 0 Å². The lowest BCUT2D eigenvalue weighted by Gasteiger charge is -2.09. The fraction of sp³-hybridized carbons (Fsp3) is 0.500. The van der Waals surface area contributed by atoms with E-state index < -0.39 is 0 Å². The maximum Gasteiger partial charge on any atom is 0.179 e. The molecule has 0 aromatic carbocycles. The molecule has 2 aromatic rings. The third-order valence-corrected chi connectivity index (χ3v) is 3.44. The molecule has 17 heavy (non-hydrogen) atoms. The minimum atomic E-state index is 0.500. The number of hydrogen-bond donors (Lipinski definition) is 0. The van der Waals surface area contributed by atoms with E-state index in [1.54, 1.807) is 7.11 Å². The molecule has 0 unspecified atom stereocenters. The molecule has 1 aliphatic carbocycles. The number of methoxy groups -OCH3 is 1. The van der Waals surface area contributed by atoms with Gasteiger partial charge in [0.25, 0.3) is 0 Å². The molecule has 0 aliphatic heterocycles. The molecule has 1 aliphatic rings. The summed E-state index contributed by atoms with van der Waals surface area (Å²) < 4.78 is 7.56. The van der Waals surface area contributed by atoms with E-state index in [2.05, 4.69) is 41.7 Å². The van der Waals surface area contributed by atoms with Gasteiger partial charge in [-0.1, -0.05) is 13.8 Å². The highest BCUT2D eigenvalue weighted by Crippen LogP contribution is 2.40. The van der Waals surface area contributed by atoms with Crippen molar-refractivity contribution in [3.8, 4) is 5.75 Å². The Hall–Kier alpha value is -1.51. The second kappa shape index (κ2) is 3.76. The molecule has 0 spiro atoms. The van der Waals surface area contributed by atoms with Crippen LogP contribution in [-0.4, -0.2) is 16.5 Å². The summed E-state index contributed by atoms with van der Waals surface area (Å²) in [7, 11) is 1.71. The van der Waals surface area contributed by atoms with E-state index >= 15 is 0 Å². The maximum atomic E-state index is 5.45. The standard InChI is InChI=1S/C14H18N2O/c1-9(2)11-6-13(17-3)14-15-12(10-4-5-10)8-16(14)7-11/h6-10H,4-5H2,1-3H3. The molecule has 2 heterocycles. The second-order valence-corrected chi connectivity index (χ2v) is 5.17. The van der Waals surface area contributed by atoms with Crippen molar-refractivity contribution in [3.63, 3.8) is 0 Å². The van der Waals surface area contributed by atoms with Crippen LogP contribution in [0.1, 0.15) is 49.8 Å². The summed E-state index contributed by atoms with van der Waals surface area (Å²) in [6.07, 6.45) is 6.88. The average Bonchev–Trinajstić information content (AvgIpc) is 3.07. The topological polar surface area (TPSA) is 26.5 Å². The molecule has 1 fully saturated rings. The molecule has 0 atom stereocenters. The fourth-order valence-electron chi connectivity index (χ4n) is 2.15. The zero-order chi connectivity index (χ0) is 12.0. The summed E-state index contributed by atoms with van der Waals surface area (Å²) in [5, 5.41) is 0. The number of ether oxygens (including phenoxy) is 1. The van der Waals surface area contributed by atoms with Crippen LogP contribution in [0.25, 0.3) is 5.65 Å². The Kier molecular flexibility index (Phi) is 2.35. The first-order chi connectivity index (χ1) is 8.19. The molecule has 3 nitrogen and oxygen atoms in total. The number of fused-ring (bicyclic) bond motifs is 1. The van der Waals surface area contributed by atoms with E-state index in [1.165, 1.54) is 24.1 Å². The van der Waals surface area contributed by atoms with Crippen LogP contribution in [0.3, 0.4) is 0 Å². The highest BCUT2D eigenvalue weighted by Gasteiger charge is 2.26. The van der Waals surface area contributed by atoms with Crippen LogP contribution in [0.5, 0.6) is 5.75 Å². The monoisotopic (exact) mass is 230 g/mol. The minimum Gasteiger partial charge on any atom is -0.493 e. The van der Waals surface area contributed by atoms with Crippen LogP contribution in [0.15, 0.2) is 18.5 Å². The van der Waals surface area contributed by atoms with Crippen LogP contribution in [0.4, 0.5) is 0 Å². The first-order valence-corrected chi connectivity index (χ1v) is 6.25. The van der Waals surface area contributed by atoms with Crippen LogP contribution in [0, 0.1) is 0 Å². The van der Waals surface area contributed by atoms with Gasteiger partial charge in [0.2, 0.25) is 0 Å². The van der Waals surface area contributed by atoms with E-state index in [1.807, 2.05) is 0 Å². The molecule has 0 saturated heterocycles. The smallest absolute Gasteiger partial charge is 0.179 e. The number of aromatic nitrogens is 2. The van der Waals surface area contributed by atoms with Crippen molar-refractivity contribution in [2.75, 3.05) is 7.11 Å². The summed E-state index contributed by atoms with van der Waals surface area (Å²) in [6, 6.07) is 2.10. The van der Waals surface area contributed by atoms with Gasteiger partial charge < -0.3 is 9.14 Å². The SMILES string of the molecule is COc1cc(C(C)C)cn2cc(C3CC3)nc12. The Morgan fingerprint density at radius 3 is 2.71 bits per heavy atom. The Labute approximate surface area is 101 Å². The Morgan fingerprint density at radius 1 is 1.35 bits per heavy atom. The largest absolute Gasteiger partial charge is 0.493 e. The molecule has 0 amide bonds. The van der Waals surface area contributed by atoms with Gasteiger partial charge in [-0.25, -0.2) is 4.98 Å². The maximum absolute atomic E-state index is 5.45. The lowest BCUT2D eigenvalue weighted by molar-refractivity contribution is 0.416. The lowest BCUT2D eigenvalue weighted by atomic mass is 10.1. The average molecular weight is 230 g/mol. The molecular weight excluding hydrogens is 212 g/mol. The third kappa shape index (κ3) is 1.79. The van der Waals surface area contributed by atoms with Crippen LogP contribution in [-0.2, 0) is 0 Å². The zero-order valence-corrected chi connectivity index (χ0v) is 10.6. The van der Waals surface area contributed by atoms with Crippen LogP contribution in [0.2, 0.25) is 0 Å². The first kappa shape index (κ1) is 10.6. The molecular formula is C14H18N2O. The number of pyridine rings is 1.